The van der Waals surface area contributed by atoms with E-state index in [1.54, 1.807) is 11.3 Å². The summed E-state index contributed by atoms with van der Waals surface area (Å²) in [5.41, 5.74) is -0.249. The molecular weight excluding hydrogens is 268 g/mol. The standard InChI is InChI=1S/C16H24N2OS/c1-2-3-6-11-18-14(13-8-7-12-20-13)17-16(15(18)19)9-4-5-10-16/h7-8,12,14,17H,2-6,9-11H2,1H3. The van der Waals surface area contributed by atoms with Crippen LogP contribution < -0.4 is 5.32 Å². The number of unbranched alkanes of at least 4 members (excludes halogenated alkanes) is 2. The second-order valence-electron chi connectivity index (χ2n) is 6.06. The lowest BCUT2D eigenvalue weighted by Crippen LogP contribution is -2.44. The smallest absolute Gasteiger partial charge is 0.244 e. The number of hydrogen-bond acceptors (Lipinski definition) is 3. The van der Waals surface area contributed by atoms with E-state index in [2.05, 4.69) is 34.7 Å². The fraction of sp³-hybridized carbons (Fsp3) is 0.688. The van der Waals surface area contributed by atoms with Crippen molar-refractivity contribution in [2.75, 3.05) is 6.54 Å². The van der Waals surface area contributed by atoms with E-state index in [0.717, 1.165) is 25.8 Å². The Morgan fingerprint density at radius 1 is 1.40 bits per heavy atom. The van der Waals surface area contributed by atoms with Crippen molar-refractivity contribution in [3.63, 3.8) is 0 Å². The van der Waals surface area contributed by atoms with E-state index in [4.69, 9.17) is 0 Å². The van der Waals surface area contributed by atoms with Gasteiger partial charge in [0, 0.05) is 11.4 Å². The van der Waals surface area contributed by atoms with Crippen molar-refractivity contribution >= 4 is 17.2 Å². The molecule has 2 fully saturated rings. The molecule has 1 saturated heterocycles. The Bertz CT molecular complexity index is 451. The average Bonchev–Trinajstić information content (AvgIpc) is 3.16. The molecule has 1 saturated carbocycles. The summed E-state index contributed by atoms with van der Waals surface area (Å²) in [5, 5.41) is 5.78. The van der Waals surface area contributed by atoms with Crippen molar-refractivity contribution in [1.29, 1.82) is 0 Å². The van der Waals surface area contributed by atoms with E-state index in [-0.39, 0.29) is 11.7 Å². The van der Waals surface area contributed by atoms with Crippen molar-refractivity contribution in [3.05, 3.63) is 22.4 Å². The van der Waals surface area contributed by atoms with Gasteiger partial charge < -0.3 is 4.90 Å². The Morgan fingerprint density at radius 3 is 2.85 bits per heavy atom. The van der Waals surface area contributed by atoms with Gasteiger partial charge in [-0.05, 0) is 30.7 Å². The molecule has 1 aromatic rings. The molecular formula is C16H24N2OS. The van der Waals surface area contributed by atoms with Gasteiger partial charge in [-0.25, -0.2) is 0 Å². The van der Waals surface area contributed by atoms with Gasteiger partial charge in [-0.15, -0.1) is 11.3 Å². The molecule has 3 nitrogen and oxygen atoms in total. The van der Waals surface area contributed by atoms with Crippen molar-refractivity contribution < 1.29 is 4.79 Å². The van der Waals surface area contributed by atoms with Crippen LogP contribution in [0.1, 0.15) is 62.9 Å². The van der Waals surface area contributed by atoms with E-state index < -0.39 is 0 Å². The minimum Gasteiger partial charge on any atom is -0.320 e. The first-order chi connectivity index (χ1) is 9.77. The Labute approximate surface area is 125 Å². The molecule has 1 aliphatic heterocycles. The minimum atomic E-state index is -0.249. The lowest BCUT2D eigenvalue weighted by Gasteiger charge is -2.23. The largest absolute Gasteiger partial charge is 0.320 e. The van der Waals surface area contributed by atoms with Gasteiger partial charge in [0.15, 0.2) is 0 Å². The molecule has 1 atom stereocenters. The monoisotopic (exact) mass is 292 g/mol. The SMILES string of the molecule is CCCCCN1C(=O)C2(CCCC2)NC1c1cccs1. The van der Waals surface area contributed by atoms with E-state index in [1.807, 2.05) is 0 Å². The van der Waals surface area contributed by atoms with Gasteiger partial charge in [0.2, 0.25) is 5.91 Å². The van der Waals surface area contributed by atoms with E-state index in [0.29, 0.717) is 5.91 Å². The molecule has 1 unspecified atom stereocenters. The molecule has 0 bridgehead atoms. The molecule has 2 heterocycles. The summed E-state index contributed by atoms with van der Waals surface area (Å²) < 4.78 is 0. The molecule has 20 heavy (non-hydrogen) atoms. The number of rotatable bonds is 5. The Kier molecular flexibility index (Phi) is 4.13. The second-order valence-corrected chi connectivity index (χ2v) is 7.04. The molecule has 1 spiro atoms. The second kappa shape index (κ2) is 5.86. The quantitative estimate of drug-likeness (QED) is 0.840. The summed E-state index contributed by atoms with van der Waals surface area (Å²) in [6, 6.07) is 4.23. The van der Waals surface area contributed by atoms with Gasteiger partial charge in [-0.2, -0.15) is 0 Å². The van der Waals surface area contributed by atoms with E-state index >= 15 is 0 Å². The molecule has 1 N–H and O–H groups in total. The van der Waals surface area contributed by atoms with Crippen molar-refractivity contribution in [2.45, 2.75) is 63.6 Å². The molecule has 1 aromatic heterocycles. The summed E-state index contributed by atoms with van der Waals surface area (Å²) >= 11 is 1.75. The third kappa shape index (κ3) is 2.40. The summed E-state index contributed by atoms with van der Waals surface area (Å²) in [6.07, 6.45) is 8.01. The topological polar surface area (TPSA) is 32.3 Å². The van der Waals surface area contributed by atoms with Gasteiger partial charge >= 0.3 is 0 Å². The van der Waals surface area contributed by atoms with Crippen LogP contribution in [0.2, 0.25) is 0 Å². The third-order valence-electron chi connectivity index (χ3n) is 4.67. The minimum absolute atomic E-state index is 0.109. The van der Waals surface area contributed by atoms with Gasteiger partial charge in [0.05, 0.1) is 5.54 Å². The summed E-state index contributed by atoms with van der Waals surface area (Å²) in [6.45, 7) is 3.10. The number of nitrogens with zero attached hydrogens (tertiary/aromatic N) is 1. The number of carbonyl (C=O) groups excluding carboxylic acids is 1. The van der Waals surface area contributed by atoms with Crippen LogP contribution in [0.3, 0.4) is 0 Å². The zero-order valence-electron chi connectivity index (χ0n) is 12.2. The number of amides is 1. The van der Waals surface area contributed by atoms with Crippen LogP contribution in [0.5, 0.6) is 0 Å². The van der Waals surface area contributed by atoms with Crippen LogP contribution in [0, 0.1) is 0 Å². The van der Waals surface area contributed by atoms with E-state index in [9.17, 15) is 4.79 Å². The molecule has 1 aliphatic carbocycles. The van der Waals surface area contributed by atoms with Crippen LogP contribution in [0.15, 0.2) is 17.5 Å². The van der Waals surface area contributed by atoms with Crippen molar-refractivity contribution in [2.24, 2.45) is 0 Å². The van der Waals surface area contributed by atoms with Crippen molar-refractivity contribution in [3.8, 4) is 0 Å². The Balaban J connectivity index is 1.80. The maximum absolute atomic E-state index is 12.9. The van der Waals surface area contributed by atoms with Gasteiger partial charge in [-0.1, -0.05) is 38.7 Å². The molecule has 110 valence electrons. The number of thiophene rings is 1. The molecule has 3 rings (SSSR count). The predicted octanol–water partition coefficient (Wildman–Crippen LogP) is 3.68. The van der Waals surface area contributed by atoms with Crippen LogP contribution in [0.4, 0.5) is 0 Å². The first-order valence-electron chi connectivity index (χ1n) is 7.89. The molecule has 0 radical (unpaired) electrons. The zero-order valence-corrected chi connectivity index (χ0v) is 13.0. The lowest BCUT2D eigenvalue weighted by molar-refractivity contribution is -0.133. The molecule has 4 heteroatoms. The highest BCUT2D eigenvalue weighted by Crippen LogP contribution is 2.41. The lowest BCUT2D eigenvalue weighted by atomic mass is 9.98. The Morgan fingerprint density at radius 2 is 2.20 bits per heavy atom. The van der Waals surface area contributed by atoms with Crippen LogP contribution in [-0.2, 0) is 4.79 Å². The van der Waals surface area contributed by atoms with Crippen molar-refractivity contribution in [1.82, 2.24) is 10.2 Å². The summed E-state index contributed by atoms with van der Waals surface area (Å²) in [7, 11) is 0. The Hall–Kier alpha value is -0.870. The average molecular weight is 292 g/mol. The normalized spacial score (nSPS) is 24.9. The maximum Gasteiger partial charge on any atom is 0.244 e. The summed E-state index contributed by atoms with van der Waals surface area (Å²) in [5.74, 6) is 0.351. The number of hydrogen-bond donors (Lipinski definition) is 1. The maximum atomic E-state index is 12.9. The molecule has 0 aromatic carbocycles. The third-order valence-corrected chi connectivity index (χ3v) is 5.59. The first-order valence-corrected chi connectivity index (χ1v) is 8.77. The fourth-order valence-corrected chi connectivity index (χ4v) is 4.35. The highest BCUT2D eigenvalue weighted by atomic mass is 32.1. The van der Waals surface area contributed by atoms with Crippen LogP contribution >= 0.6 is 11.3 Å². The fourth-order valence-electron chi connectivity index (χ4n) is 3.56. The van der Waals surface area contributed by atoms with Gasteiger partial charge in [0.25, 0.3) is 0 Å². The zero-order chi connectivity index (χ0) is 14.0. The highest BCUT2D eigenvalue weighted by Gasteiger charge is 2.52. The molecule has 1 amide bonds. The predicted molar refractivity (Wildman–Crippen MR) is 82.6 cm³/mol. The van der Waals surface area contributed by atoms with Crippen LogP contribution in [0.25, 0.3) is 0 Å². The number of carbonyl (C=O) groups is 1. The first kappa shape index (κ1) is 14.1. The number of nitrogens with one attached hydrogen (secondary N) is 1. The van der Waals surface area contributed by atoms with Gasteiger partial charge in [0.1, 0.15) is 6.17 Å². The van der Waals surface area contributed by atoms with E-state index in [1.165, 1.54) is 30.6 Å². The molecule has 2 aliphatic rings. The summed E-state index contributed by atoms with van der Waals surface area (Å²) in [4.78, 5) is 16.3. The van der Waals surface area contributed by atoms with Gasteiger partial charge in [-0.3, -0.25) is 10.1 Å². The van der Waals surface area contributed by atoms with Crippen LogP contribution in [-0.4, -0.2) is 22.9 Å². The highest BCUT2D eigenvalue weighted by molar-refractivity contribution is 7.10.